The molecule has 0 aliphatic heterocycles. The number of hydrogen-bond acceptors (Lipinski definition) is 8. The van der Waals surface area contributed by atoms with Gasteiger partial charge in [0.25, 0.3) is 0 Å². The van der Waals surface area contributed by atoms with Gasteiger partial charge in [-0.05, 0) is 58.7 Å². The Morgan fingerprint density at radius 2 is 1.88 bits per heavy atom. The zero-order valence-corrected chi connectivity index (χ0v) is 22.8. The Morgan fingerprint density at radius 1 is 1.07 bits per heavy atom. The summed E-state index contributed by atoms with van der Waals surface area (Å²) in [5, 5.41) is 14.6. The summed E-state index contributed by atoms with van der Waals surface area (Å²) >= 11 is 0. The van der Waals surface area contributed by atoms with Crippen molar-refractivity contribution >= 4 is 17.0 Å². The van der Waals surface area contributed by atoms with Crippen molar-refractivity contribution in [2.24, 2.45) is 0 Å². The fourth-order valence-corrected chi connectivity index (χ4v) is 5.06. The van der Waals surface area contributed by atoms with Crippen LogP contribution in [-0.2, 0) is 0 Å². The van der Waals surface area contributed by atoms with Crippen molar-refractivity contribution in [3.05, 3.63) is 65.7 Å². The molecule has 1 saturated carbocycles. The highest BCUT2D eigenvalue weighted by Gasteiger charge is 2.27. The molecule has 0 bridgehead atoms. The fourth-order valence-electron chi connectivity index (χ4n) is 5.06. The van der Waals surface area contributed by atoms with E-state index in [0.717, 1.165) is 39.2 Å². The van der Waals surface area contributed by atoms with Crippen molar-refractivity contribution < 1.29 is 23.9 Å². The molecule has 0 unspecified atom stereocenters. The Kier molecular flexibility index (Phi) is 6.45. The number of carboxylic acid groups (broad SMARTS) is 1. The van der Waals surface area contributed by atoms with Gasteiger partial charge in [-0.2, -0.15) is 0 Å². The van der Waals surface area contributed by atoms with Gasteiger partial charge in [0.2, 0.25) is 5.88 Å². The summed E-state index contributed by atoms with van der Waals surface area (Å²) in [5.41, 5.74) is 6.25. The first-order chi connectivity index (χ1) is 19.4. The van der Waals surface area contributed by atoms with E-state index in [0.29, 0.717) is 41.9 Å². The van der Waals surface area contributed by atoms with Gasteiger partial charge >= 0.3 is 5.97 Å². The number of aromatic carboxylic acids is 1. The zero-order chi connectivity index (χ0) is 28.0. The summed E-state index contributed by atoms with van der Waals surface area (Å²) in [6.45, 7) is 8.06. The number of aromatic nitrogens is 5. The van der Waals surface area contributed by atoms with Crippen LogP contribution >= 0.6 is 0 Å². The van der Waals surface area contributed by atoms with Gasteiger partial charge in [-0.15, -0.1) is 0 Å². The van der Waals surface area contributed by atoms with Crippen molar-refractivity contribution in [1.29, 1.82) is 0 Å². The van der Waals surface area contributed by atoms with Gasteiger partial charge in [0.15, 0.2) is 5.69 Å². The van der Waals surface area contributed by atoms with Gasteiger partial charge in [-0.3, -0.25) is 9.55 Å². The van der Waals surface area contributed by atoms with Gasteiger partial charge in [0.1, 0.15) is 17.2 Å². The summed E-state index contributed by atoms with van der Waals surface area (Å²) < 4.78 is 19.3. The number of nitrogens with zero attached hydrogens (tertiary/aromatic N) is 5. The van der Waals surface area contributed by atoms with Crippen LogP contribution in [0.15, 0.2) is 47.4 Å². The summed E-state index contributed by atoms with van der Waals surface area (Å²) in [7, 11) is 0. The first kappa shape index (κ1) is 25.5. The second kappa shape index (κ2) is 10.1. The predicted molar refractivity (Wildman–Crippen MR) is 148 cm³/mol. The Hall–Kier alpha value is -4.73. The van der Waals surface area contributed by atoms with Crippen LogP contribution in [-0.4, -0.2) is 49.0 Å². The number of pyridine rings is 3. The molecule has 5 aromatic heterocycles. The SMILES string of the molecule is CCOc1cc(C(=O)O)nc(OCC)c1-c1cn(-c2ccc(C3CC3)nc2)c2ncc(-c3c(C)noc3C)cc12. The molecule has 40 heavy (non-hydrogen) atoms. The molecule has 0 spiro atoms. The summed E-state index contributed by atoms with van der Waals surface area (Å²) in [4.78, 5) is 25.8. The number of rotatable bonds is 9. The van der Waals surface area contributed by atoms with Gasteiger partial charge in [-0.1, -0.05) is 5.16 Å². The van der Waals surface area contributed by atoms with E-state index in [4.69, 9.17) is 24.0 Å². The predicted octanol–water partition coefficient (Wildman–Crippen LogP) is 6.13. The fraction of sp³-hybridized carbons (Fsp3) is 0.300. The first-order valence-electron chi connectivity index (χ1n) is 13.3. The molecule has 0 saturated heterocycles. The van der Waals surface area contributed by atoms with Crippen molar-refractivity contribution in [2.75, 3.05) is 13.2 Å². The molecule has 0 amide bonds. The Bertz CT molecular complexity index is 1690. The van der Waals surface area contributed by atoms with Gasteiger partial charge < -0.3 is 19.1 Å². The van der Waals surface area contributed by atoms with E-state index in [-0.39, 0.29) is 11.6 Å². The molecule has 204 valence electrons. The number of hydrogen-bond donors (Lipinski definition) is 1. The second-order valence-electron chi connectivity index (χ2n) is 9.78. The molecule has 10 heteroatoms. The lowest BCUT2D eigenvalue weighted by Gasteiger charge is -2.15. The molecule has 0 aromatic carbocycles. The molecule has 1 aliphatic carbocycles. The topological polar surface area (TPSA) is 125 Å². The van der Waals surface area contributed by atoms with E-state index in [1.807, 2.05) is 56.8 Å². The van der Waals surface area contributed by atoms with Gasteiger partial charge in [0, 0.05) is 52.1 Å². The lowest BCUT2D eigenvalue weighted by atomic mass is 10.0. The molecule has 1 aliphatic rings. The molecule has 5 heterocycles. The number of aryl methyl sites for hydroxylation is 2. The third-order valence-electron chi connectivity index (χ3n) is 7.03. The minimum absolute atomic E-state index is 0.159. The largest absolute Gasteiger partial charge is 0.493 e. The average molecular weight is 540 g/mol. The normalized spacial score (nSPS) is 13.1. The highest BCUT2D eigenvalue weighted by Crippen LogP contribution is 2.44. The molecule has 1 N–H and O–H groups in total. The van der Waals surface area contributed by atoms with Crippen molar-refractivity contribution in [3.8, 4) is 39.6 Å². The number of fused-ring (bicyclic) bond motifs is 1. The monoisotopic (exact) mass is 539 g/mol. The van der Waals surface area contributed by atoms with Crippen LogP contribution in [0.5, 0.6) is 11.6 Å². The van der Waals surface area contributed by atoms with E-state index < -0.39 is 5.97 Å². The van der Waals surface area contributed by atoms with E-state index in [2.05, 4.69) is 16.2 Å². The molecule has 6 rings (SSSR count). The highest BCUT2D eigenvalue weighted by molar-refractivity contribution is 6.00. The van der Waals surface area contributed by atoms with Crippen LogP contribution in [0.4, 0.5) is 0 Å². The van der Waals surface area contributed by atoms with Crippen molar-refractivity contribution in [3.63, 3.8) is 0 Å². The van der Waals surface area contributed by atoms with E-state index >= 15 is 0 Å². The van der Waals surface area contributed by atoms with Gasteiger partial charge in [0.05, 0.1) is 36.4 Å². The van der Waals surface area contributed by atoms with E-state index in [9.17, 15) is 9.90 Å². The summed E-state index contributed by atoms with van der Waals surface area (Å²) in [6, 6.07) is 7.58. The summed E-state index contributed by atoms with van der Waals surface area (Å²) in [5.74, 6) is 0.609. The minimum Gasteiger partial charge on any atom is -0.493 e. The number of carboxylic acids is 1. The Morgan fingerprint density at radius 3 is 2.50 bits per heavy atom. The minimum atomic E-state index is -1.17. The standard InChI is InChI=1S/C30H29N5O5/c1-5-38-25-12-24(30(36)37)33-29(39-6-2)27(25)22-15-35(20-9-10-23(31-14-20)18-7-8-18)28-21(22)11-19(13-32-28)26-16(3)34-40-17(26)4/h9-15,18H,5-8H2,1-4H3,(H,36,37). The maximum atomic E-state index is 11.9. The number of carbonyl (C=O) groups is 1. The first-order valence-corrected chi connectivity index (χ1v) is 13.3. The third-order valence-corrected chi connectivity index (χ3v) is 7.03. The molecule has 1 fully saturated rings. The Labute approximate surface area is 230 Å². The summed E-state index contributed by atoms with van der Waals surface area (Å²) in [6.07, 6.45) is 7.97. The lowest BCUT2D eigenvalue weighted by molar-refractivity contribution is 0.0688. The molecular weight excluding hydrogens is 510 g/mol. The van der Waals surface area contributed by atoms with E-state index in [1.165, 1.54) is 18.9 Å². The van der Waals surface area contributed by atoms with Crippen LogP contribution in [0, 0.1) is 13.8 Å². The molecule has 0 atom stereocenters. The molecule has 10 nitrogen and oxygen atoms in total. The maximum absolute atomic E-state index is 11.9. The quantitative estimate of drug-likeness (QED) is 0.235. The smallest absolute Gasteiger partial charge is 0.354 e. The van der Waals surface area contributed by atoms with E-state index in [1.54, 1.807) is 6.20 Å². The average Bonchev–Trinajstić information content (AvgIpc) is 3.66. The van der Waals surface area contributed by atoms with Crippen LogP contribution in [0.2, 0.25) is 0 Å². The number of ether oxygens (including phenoxy) is 2. The van der Waals surface area contributed by atoms with Crippen LogP contribution in [0.3, 0.4) is 0 Å². The molecule has 5 aromatic rings. The highest BCUT2D eigenvalue weighted by atomic mass is 16.5. The van der Waals surface area contributed by atoms with Gasteiger partial charge in [-0.25, -0.2) is 14.8 Å². The van der Waals surface area contributed by atoms with Crippen molar-refractivity contribution in [2.45, 2.75) is 46.5 Å². The molecular formula is C30H29N5O5. The molecule has 0 radical (unpaired) electrons. The third kappa shape index (κ3) is 4.45. The second-order valence-corrected chi connectivity index (χ2v) is 9.78. The van der Waals surface area contributed by atoms with Crippen LogP contribution < -0.4 is 9.47 Å². The maximum Gasteiger partial charge on any atom is 0.354 e. The van der Waals surface area contributed by atoms with Crippen LogP contribution in [0.1, 0.15) is 60.2 Å². The zero-order valence-electron chi connectivity index (χ0n) is 22.8. The lowest BCUT2D eigenvalue weighted by Crippen LogP contribution is -2.07. The van der Waals surface area contributed by atoms with Crippen molar-refractivity contribution in [1.82, 2.24) is 24.7 Å². The Balaban J connectivity index is 1.63. The van der Waals surface area contributed by atoms with Crippen LogP contribution in [0.25, 0.3) is 39.0 Å².